The molecule has 0 N–H and O–H groups in total. The minimum Gasteiger partial charge on any atom is -0.267 e. The van der Waals surface area contributed by atoms with Crippen LogP contribution >= 0.6 is 22.6 Å². The molecule has 1 aliphatic rings. The molecule has 2 unspecified atom stereocenters. The first-order valence-electron chi connectivity index (χ1n) is 7.58. The van der Waals surface area contributed by atoms with E-state index < -0.39 is 34.2 Å². The predicted octanol–water partition coefficient (Wildman–Crippen LogP) is 6.49. The van der Waals surface area contributed by atoms with Crippen molar-refractivity contribution < 1.29 is 35.5 Å². The Bertz CT molecular complexity index is 391. The molecule has 23 heavy (non-hydrogen) atoms. The van der Waals surface area contributed by atoms with Crippen molar-refractivity contribution in [1.82, 2.24) is 0 Å². The van der Waals surface area contributed by atoms with Crippen molar-refractivity contribution in [3.8, 4) is 0 Å². The fourth-order valence-corrected chi connectivity index (χ4v) is 3.40. The molecule has 0 amide bonds. The van der Waals surface area contributed by atoms with Gasteiger partial charge in [0, 0.05) is 10.3 Å². The second-order valence-corrected chi connectivity index (χ2v) is 7.61. The van der Waals surface area contributed by atoms with Gasteiger partial charge in [0.05, 0.1) is 0 Å². The van der Waals surface area contributed by atoms with Gasteiger partial charge in [-0.3, -0.25) is 4.74 Å². The number of hydrogen-bond acceptors (Lipinski definition) is 1. The molecule has 1 nitrogen and oxygen atoms in total. The van der Waals surface area contributed by atoms with E-state index in [-0.39, 0.29) is 6.42 Å². The Balaban J connectivity index is 2.46. The Kier molecular flexibility index (Phi) is 7.03. The summed E-state index contributed by atoms with van der Waals surface area (Å²) in [6, 6.07) is 0. The first-order chi connectivity index (χ1) is 10.4. The lowest BCUT2D eigenvalue weighted by Crippen LogP contribution is -2.78. The second kappa shape index (κ2) is 7.61. The monoisotopic (exact) mass is 464 g/mol. The molecular formula is C14H20F7IO. The van der Waals surface area contributed by atoms with Crippen LogP contribution in [0.4, 0.5) is 30.7 Å². The van der Waals surface area contributed by atoms with Crippen molar-refractivity contribution in [3.63, 3.8) is 0 Å². The molecule has 138 valence electrons. The predicted molar refractivity (Wildman–Crippen MR) is 80.2 cm³/mol. The van der Waals surface area contributed by atoms with E-state index in [2.05, 4.69) is 11.7 Å². The third-order valence-electron chi connectivity index (χ3n) is 3.86. The Morgan fingerprint density at radius 1 is 0.957 bits per heavy atom. The third-order valence-corrected chi connectivity index (χ3v) is 4.92. The maximum atomic E-state index is 13.7. The van der Waals surface area contributed by atoms with Crippen molar-refractivity contribution in [1.29, 1.82) is 0 Å². The summed E-state index contributed by atoms with van der Waals surface area (Å²) < 4.78 is 94.2. The highest BCUT2D eigenvalue weighted by Gasteiger charge is 2.92. The van der Waals surface area contributed by atoms with Crippen molar-refractivity contribution in [3.05, 3.63) is 0 Å². The van der Waals surface area contributed by atoms with Gasteiger partial charge in [0.15, 0.2) is 0 Å². The van der Waals surface area contributed by atoms with Crippen LogP contribution in [0.5, 0.6) is 0 Å². The zero-order chi connectivity index (χ0) is 17.9. The average Bonchev–Trinajstić information content (AvgIpc) is 2.41. The first kappa shape index (κ1) is 21.2. The summed E-state index contributed by atoms with van der Waals surface area (Å²) in [7, 11) is 0. The number of unbranched alkanes of at least 4 members (excludes halogenated alkanes) is 5. The van der Waals surface area contributed by atoms with Gasteiger partial charge in [-0.15, -0.1) is 0 Å². The van der Waals surface area contributed by atoms with Gasteiger partial charge < -0.3 is 0 Å². The van der Waals surface area contributed by atoms with Crippen LogP contribution in [0.3, 0.4) is 0 Å². The molecule has 1 aliphatic heterocycles. The summed E-state index contributed by atoms with van der Waals surface area (Å²) >= 11 is 1.60. The van der Waals surface area contributed by atoms with Crippen molar-refractivity contribution in [2.45, 2.75) is 86.0 Å². The maximum Gasteiger partial charge on any atom is 0.428 e. The number of rotatable bonds is 10. The van der Waals surface area contributed by atoms with Gasteiger partial charge in [-0.2, -0.15) is 30.7 Å². The van der Waals surface area contributed by atoms with E-state index in [9.17, 15) is 30.7 Å². The molecule has 2 atom stereocenters. The van der Waals surface area contributed by atoms with Crippen LogP contribution in [0.1, 0.15) is 58.3 Å². The van der Waals surface area contributed by atoms with E-state index in [0.717, 1.165) is 32.1 Å². The van der Waals surface area contributed by atoms with E-state index >= 15 is 0 Å². The van der Waals surface area contributed by atoms with E-state index in [1.54, 1.807) is 22.6 Å². The smallest absolute Gasteiger partial charge is 0.267 e. The number of ether oxygens (including phenoxy) is 1. The molecule has 1 saturated heterocycles. The van der Waals surface area contributed by atoms with Crippen molar-refractivity contribution in [2.24, 2.45) is 0 Å². The first-order valence-corrected chi connectivity index (χ1v) is 8.82. The van der Waals surface area contributed by atoms with Gasteiger partial charge in [-0.25, -0.2) is 0 Å². The molecule has 1 heterocycles. The summed E-state index contributed by atoms with van der Waals surface area (Å²) in [5.41, 5.74) is 0. The van der Waals surface area contributed by atoms with E-state index in [1.165, 1.54) is 0 Å². The zero-order valence-electron chi connectivity index (χ0n) is 12.7. The average molecular weight is 464 g/mol. The standard InChI is InChI=1S/C14H20F7IO/c1-2-3-4-5-6-7-8-10(22)9-11(15,16)13(19)12(17,18)14(20,21)23-13/h10H,2-9H2,1H3. The molecule has 1 fully saturated rings. The molecule has 0 bridgehead atoms. The highest BCUT2D eigenvalue weighted by molar-refractivity contribution is 14.1. The van der Waals surface area contributed by atoms with Crippen LogP contribution in [0.25, 0.3) is 0 Å². The van der Waals surface area contributed by atoms with Crippen molar-refractivity contribution >= 4 is 22.6 Å². The van der Waals surface area contributed by atoms with Crippen LogP contribution in [0, 0.1) is 0 Å². The highest BCUT2D eigenvalue weighted by atomic mass is 127. The summed E-state index contributed by atoms with van der Waals surface area (Å²) in [5, 5.41) is 0. The summed E-state index contributed by atoms with van der Waals surface area (Å²) in [4.78, 5) is 0. The molecule has 9 heteroatoms. The summed E-state index contributed by atoms with van der Waals surface area (Å²) in [6.07, 6.45) is -0.683. The number of halogens is 8. The zero-order valence-corrected chi connectivity index (χ0v) is 14.8. The second-order valence-electron chi connectivity index (χ2n) is 5.85. The molecule has 0 aromatic rings. The van der Waals surface area contributed by atoms with Crippen LogP contribution in [-0.4, -0.2) is 27.7 Å². The van der Waals surface area contributed by atoms with Crippen LogP contribution in [0.15, 0.2) is 0 Å². The summed E-state index contributed by atoms with van der Waals surface area (Å²) in [5.74, 6) is -15.2. The molecule has 1 rings (SSSR count). The third kappa shape index (κ3) is 4.24. The van der Waals surface area contributed by atoms with Gasteiger partial charge in [0.25, 0.3) is 0 Å². The maximum absolute atomic E-state index is 13.7. The Morgan fingerprint density at radius 3 is 1.96 bits per heavy atom. The molecule has 0 aromatic carbocycles. The van der Waals surface area contributed by atoms with Gasteiger partial charge >= 0.3 is 23.8 Å². The normalized spacial score (nSPS) is 27.5. The van der Waals surface area contributed by atoms with Gasteiger partial charge in [-0.05, 0) is 6.42 Å². The van der Waals surface area contributed by atoms with Gasteiger partial charge in [-0.1, -0.05) is 68.0 Å². The molecule has 0 aliphatic carbocycles. The number of hydrogen-bond donors (Lipinski definition) is 0. The van der Waals surface area contributed by atoms with Crippen LogP contribution in [0.2, 0.25) is 0 Å². The molecule has 0 aromatic heterocycles. The lowest BCUT2D eigenvalue weighted by atomic mass is 9.92. The lowest BCUT2D eigenvalue weighted by Gasteiger charge is -2.50. The van der Waals surface area contributed by atoms with Gasteiger partial charge in [0.2, 0.25) is 0 Å². The lowest BCUT2D eigenvalue weighted by molar-refractivity contribution is -0.580. The molecule has 0 saturated carbocycles. The highest BCUT2D eigenvalue weighted by Crippen LogP contribution is 2.63. The Labute approximate surface area is 144 Å². The van der Waals surface area contributed by atoms with E-state index in [0.29, 0.717) is 6.42 Å². The molecule has 0 spiro atoms. The minimum absolute atomic E-state index is 0.278. The van der Waals surface area contributed by atoms with E-state index in [1.807, 2.05) is 0 Å². The molecular weight excluding hydrogens is 444 g/mol. The fraction of sp³-hybridized carbons (Fsp3) is 1.00. The van der Waals surface area contributed by atoms with E-state index in [4.69, 9.17) is 0 Å². The molecule has 0 radical (unpaired) electrons. The SMILES string of the molecule is CCCCCCCCC(I)CC(F)(F)C1(F)OC(F)(F)C1(F)F. The Morgan fingerprint density at radius 2 is 1.48 bits per heavy atom. The van der Waals surface area contributed by atoms with Gasteiger partial charge in [0.1, 0.15) is 0 Å². The van der Waals surface area contributed by atoms with Crippen LogP contribution < -0.4 is 0 Å². The summed E-state index contributed by atoms with van der Waals surface area (Å²) in [6.45, 7) is 2.05. The van der Waals surface area contributed by atoms with Crippen LogP contribution in [-0.2, 0) is 4.74 Å². The minimum atomic E-state index is -5.54. The quantitative estimate of drug-likeness (QED) is 0.156. The van der Waals surface area contributed by atoms with Crippen molar-refractivity contribution in [2.75, 3.05) is 0 Å². The fourth-order valence-electron chi connectivity index (χ4n) is 2.41. The largest absolute Gasteiger partial charge is 0.428 e. The topological polar surface area (TPSA) is 9.23 Å². The number of alkyl halides is 8. The Hall–Kier alpha value is 0.200.